The van der Waals surface area contributed by atoms with Gasteiger partial charge in [-0.3, -0.25) is 0 Å². The largest absolute Gasteiger partial charge is 0.306 e. The number of hydrogen-bond donors (Lipinski definition) is 0. The maximum Gasteiger partial charge on any atom is -0.00190 e. The molecule has 2 aliphatic rings. The van der Waals surface area contributed by atoms with Gasteiger partial charge in [0.1, 0.15) is 0 Å². The minimum Gasteiger partial charge on any atom is -0.306 e. The molecule has 2 rings (SSSR count). The molecule has 0 saturated heterocycles. The third kappa shape index (κ3) is 2.24. The highest BCUT2D eigenvalue weighted by molar-refractivity contribution is 5.28. The lowest BCUT2D eigenvalue weighted by Gasteiger charge is -2.29. The fourth-order valence-corrected chi connectivity index (χ4v) is 4.80. The Morgan fingerprint density at radius 2 is 1.83 bits per heavy atom. The van der Waals surface area contributed by atoms with Crippen LogP contribution in [-0.4, -0.2) is 25.0 Å². The molecule has 2 aliphatic carbocycles. The fraction of sp³-hybridized carbons (Fsp3) is 1.00. The zero-order valence-corrected chi connectivity index (χ0v) is 13.4. The van der Waals surface area contributed by atoms with Crippen molar-refractivity contribution in [3.05, 3.63) is 0 Å². The topological polar surface area (TPSA) is 3.24 Å². The monoisotopic (exact) mass is 251 g/mol. The Labute approximate surface area is 114 Å². The summed E-state index contributed by atoms with van der Waals surface area (Å²) in [7, 11) is 2.28. The van der Waals surface area contributed by atoms with Gasteiger partial charge in [-0.05, 0) is 68.0 Å². The Morgan fingerprint density at radius 3 is 2.28 bits per heavy atom. The predicted molar refractivity (Wildman–Crippen MR) is 79.6 cm³/mol. The molecule has 0 aromatic carbocycles. The first-order valence-electron chi connectivity index (χ1n) is 8.16. The van der Waals surface area contributed by atoms with E-state index in [4.69, 9.17) is 0 Å². The van der Waals surface area contributed by atoms with Crippen LogP contribution in [0.25, 0.3) is 0 Å². The fourth-order valence-electron chi connectivity index (χ4n) is 4.80. The van der Waals surface area contributed by atoms with Gasteiger partial charge in [0, 0.05) is 0 Å². The molecule has 2 fully saturated rings. The molecule has 0 aromatic heterocycles. The van der Waals surface area contributed by atoms with E-state index in [-0.39, 0.29) is 0 Å². The van der Waals surface area contributed by atoms with E-state index >= 15 is 0 Å². The van der Waals surface area contributed by atoms with Crippen molar-refractivity contribution in [1.29, 1.82) is 0 Å². The molecule has 0 bridgehead atoms. The van der Waals surface area contributed by atoms with Gasteiger partial charge in [0.05, 0.1) is 0 Å². The SMILES string of the molecule is CCCN(C)CCC(CC)C(C)C1C2[C@H](C)C12C. The van der Waals surface area contributed by atoms with Crippen LogP contribution >= 0.6 is 0 Å². The van der Waals surface area contributed by atoms with E-state index in [0.29, 0.717) is 0 Å². The molecular formula is C17H33N. The zero-order valence-electron chi connectivity index (χ0n) is 13.4. The van der Waals surface area contributed by atoms with E-state index in [9.17, 15) is 0 Å². The number of fused-ring (bicyclic) bond motifs is 1. The summed E-state index contributed by atoms with van der Waals surface area (Å²) in [6.45, 7) is 14.7. The van der Waals surface area contributed by atoms with Crippen LogP contribution in [0.4, 0.5) is 0 Å². The van der Waals surface area contributed by atoms with E-state index in [1.165, 1.54) is 32.4 Å². The first-order chi connectivity index (χ1) is 8.48. The lowest BCUT2D eigenvalue weighted by molar-refractivity contribution is 0.193. The van der Waals surface area contributed by atoms with E-state index in [0.717, 1.165) is 35.0 Å². The second kappa shape index (κ2) is 5.15. The van der Waals surface area contributed by atoms with Crippen LogP contribution in [0.1, 0.15) is 53.9 Å². The molecule has 18 heavy (non-hydrogen) atoms. The molecular weight excluding hydrogens is 218 g/mol. The second-order valence-corrected chi connectivity index (χ2v) is 7.33. The quantitative estimate of drug-likeness (QED) is 0.622. The van der Waals surface area contributed by atoms with Gasteiger partial charge in [-0.25, -0.2) is 0 Å². The van der Waals surface area contributed by atoms with Crippen molar-refractivity contribution in [3.8, 4) is 0 Å². The molecule has 106 valence electrons. The summed E-state index contributed by atoms with van der Waals surface area (Å²) in [6, 6.07) is 0. The zero-order chi connectivity index (χ0) is 13.5. The summed E-state index contributed by atoms with van der Waals surface area (Å²) in [5, 5.41) is 0. The molecule has 0 amide bonds. The normalized spacial score (nSPS) is 40.5. The van der Waals surface area contributed by atoms with Crippen molar-refractivity contribution in [2.75, 3.05) is 20.1 Å². The van der Waals surface area contributed by atoms with Crippen molar-refractivity contribution < 1.29 is 0 Å². The minimum atomic E-state index is 0.766. The maximum atomic E-state index is 2.53. The van der Waals surface area contributed by atoms with Gasteiger partial charge in [-0.15, -0.1) is 0 Å². The number of hydrogen-bond acceptors (Lipinski definition) is 1. The first kappa shape index (κ1) is 14.4. The standard InChI is InChI=1S/C17H33N/c1-7-10-18(6)11-9-14(8-2)12(3)15-16-13(4)17(15,16)5/h12-16H,7-11H2,1-6H3/t12?,13-,14?,15?,16?,17?/m0/s1. The average Bonchev–Trinajstić information content (AvgIpc) is 3.14. The molecule has 2 saturated carbocycles. The summed E-state index contributed by atoms with van der Waals surface area (Å²) < 4.78 is 0. The number of nitrogens with zero attached hydrogens (tertiary/aromatic N) is 1. The highest BCUT2D eigenvalue weighted by Gasteiger charge is 2.81. The molecule has 0 aromatic rings. The molecule has 0 spiro atoms. The molecule has 0 heterocycles. The molecule has 5 unspecified atom stereocenters. The van der Waals surface area contributed by atoms with Crippen LogP contribution in [0, 0.1) is 35.0 Å². The van der Waals surface area contributed by atoms with Crippen LogP contribution < -0.4 is 0 Å². The summed E-state index contributed by atoms with van der Waals surface area (Å²) in [5.41, 5.74) is 0.766. The first-order valence-corrected chi connectivity index (χ1v) is 8.16. The van der Waals surface area contributed by atoms with Crippen molar-refractivity contribution in [2.45, 2.75) is 53.9 Å². The number of rotatable bonds is 8. The van der Waals surface area contributed by atoms with E-state index < -0.39 is 0 Å². The summed E-state index contributed by atoms with van der Waals surface area (Å²) >= 11 is 0. The highest BCUT2D eigenvalue weighted by atomic mass is 15.1. The van der Waals surface area contributed by atoms with Gasteiger partial charge in [-0.2, -0.15) is 0 Å². The summed E-state index contributed by atoms with van der Waals surface area (Å²) in [4.78, 5) is 2.51. The van der Waals surface area contributed by atoms with Crippen LogP contribution in [0.5, 0.6) is 0 Å². The van der Waals surface area contributed by atoms with Gasteiger partial charge in [-0.1, -0.05) is 41.0 Å². The van der Waals surface area contributed by atoms with Gasteiger partial charge >= 0.3 is 0 Å². The summed E-state index contributed by atoms with van der Waals surface area (Å²) in [5.74, 6) is 5.09. The van der Waals surface area contributed by atoms with Gasteiger partial charge in [0.15, 0.2) is 0 Å². The molecule has 1 heteroatoms. The molecule has 0 aliphatic heterocycles. The molecule has 1 nitrogen and oxygen atoms in total. The Bertz CT molecular complexity index is 287. The van der Waals surface area contributed by atoms with Gasteiger partial charge in [0.2, 0.25) is 0 Å². The van der Waals surface area contributed by atoms with Crippen molar-refractivity contribution >= 4 is 0 Å². The van der Waals surface area contributed by atoms with Crippen LogP contribution in [0.15, 0.2) is 0 Å². The Hall–Kier alpha value is -0.0400. The van der Waals surface area contributed by atoms with Gasteiger partial charge in [0.25, 0.3) is 0 Å². The van der Waals surface area contributed by atoms with Crippen LogP contribution in [0.3, 0.4) is 0 Å². The Balaban J connectivity index is 1.76. The Morgan fingerprint density at radius 1 is 1.22 bits per heavy atom. The van der Waals surface area contributed by atoms with E-state index in [1.807, 2.05) is 0 Å². The smallest absolute Gasteiger partial charge is 0.00190 e. The molecule has 0 radical (unpaired) electrons. The molecule has 0 N–H and O–H groups in total. The van der Waals surface area contributed by atoms with E-state index in [2.05, 4.69) is 46.6 Å². The highest BCUT2D eigenvalue weighted by Crippen LogP contribution is 2.86. The Kier molecular flexibility index (Phi) is 4.11. The average molecular weight is 251 g/mol. The third-order valence-electron chi connectivity index (χ3n) is 6.45. The second-order valence-electron chi connectivity index (χ2n) is 7.33. The van der Waals surface area contributed by atoms with Crippen molar-refractivity contribution in [3.63, 3.8) is 0 Å². The predicted octanol–water partition coefficient (Wildman–Crippen LogP) is 4.28. The third-order valence-corrected chi connectivity index (χ3v) is 6.45. The maximum absolute atomic E-state index is 2.53. The van der Waals surface area contributed by atoms with Crippen LogP contribution in [-0.2, 0) is 0 Å². The molecule has 6 atom stereocenters. The lowest BCUT2D eigenvalue weighted by Crippen LogP contribution is -2.27. The minimum absolute atomic E-state index is 0.766. The summed E-state index contributed by atoms with van der Waals surface area (Å²) in [6.07, 6.45) is 4.06. The van der Waals surface area contributed by atoms with Crippen LogP contribution in [0.2, 0.25) is 0 Å². The van der Waals surface area contributed by atoms with Gasteiger partial charge < -0.3 is 4.90 Å². The lowest BCUT2D eigenvalue weighted by atomic mass is 9.78. The van der Waals surface area contributed by atoms with Crippen molar-refractivity contribution in [1.82, 2.24) is 4.90 Å². The van der Waals surface area contributed by atoms with Crippen molar-refractivity contribution in [2.24, 2.45) is 35.0 Å². The van der Waals surface area contributed by atoms with E-state index in [1.54, 1.807) is 0 Å².